The fourth-order valence-electron chi connectivity index (χ4n) is 4.65. The summed E-state index contributed by atoms with van der Waals surface area (Å²) in [7, 11) is -7.21. The van der Waals surface area contributed by atoms with Crippen LogP contribution >= 0.6 is 0 Å². The Labute approximate surface area is 170 Å². The molecule has 0 radical (unpaired) electrons. The maximum absolute atomic E-state index is 7.14. The van der Waals surface area contributed by atoms with Crippen molar-refractivity contribution in [2.45, 2.75) is 90.1 Å². The van der Waals surface area contributed by atoms with Crippen LogP contribution in [0.15, 0.2) is 36.5 Å². The Morgan fingerprint density at radius 2 is 1.22 bits per heavy atom. The molecular weight excluding hydrogens is 384 g/mol. The molecule has 6 heteroatoms. The minimum Gasteiger partial charge on any atom is -0.415 e. The Kier molecular flexibility index (Phi) is 7.36. The molecule has 1 saturated heterocycles. The first-order valence-corrected chi connectivity index (χ1v) is 17.1. The van der Waals surface area contributed by atoms with Crippen LogP contribution in [0.5, 0.6) is 0 Å². The highest BCUT2D eigenvalue weighted by molar-refractivity contribution is 6.95. The molecule has 0 aromatic heterocycles. The third kappa shape index (κ3) is 5.22. The van der Waals surface area contributed by atoms with Gasteiger partial charge in [-0.15, -0.1) is 19.7 Å². The molecule has 154 valence electrons. The first-order chi connectivity index (χ1) is 12.5. The van der Waals surface area contributed by atoms with E-state index in [1.165, 1.54) is 29.6 Å². The van der Waals surface area contributed by atoms with Crippen molar-refractivity contribution in [2.75, 3.05) is 0 Å². The molecule has 2 fully saturated rings. The Morgan fingerprint density at radius 3 is 1.52 bits per heavy atom. The second-order valence-electron chi connectivity index (χ2n) is 9.06. The Balaban J connectivity index is 2.54. The van der Waals surface area contributed by atoms with Gasteiger partial charge in [-0.25, -0.2) is 0 Å². The van der Waals surface area contributed by atoms with Crippen molar-refractivity contribution in [1.82, 2.24) is 0 Å². The van der Waals surface area contributed by atoms with Crippen LogP contribution in [-0.2, 0) is 12.3 Å². The van der Waals surface area contributed by atoms with E-state index < -0.39 is 25.7 Å². The van der Waals surface area contributed by atoms with E-state index in [1.807, 2.05) is 0 Å². The van der Waals surface area contributed by atoms with E-state index in [4.69, 9.17) is 12.3 Å². The van der Waals surface area contributed by atoms with Crippen LogP contribution in [0.25, 0.3) is 0 Å². The summed E-state index contributed by atoms with van der Waals surface area (Å²) in [6.45, 7) is 25.8. The third-order valence-electron chi connectivity index (χ3n) is 5.87. The minimum absolute atomic E-state index is 0.593. The second-order valence-corrected chi connectivity index (χ2v) is 20.0. The highest BCUT2D eigenvalue weighted by Crippen LogP contribution is 2.59. The molecule has 4 unspecified atom stereocenters. The summed E-state index contributed by atoms with van der Waals surface area (Å²) in [6.07, 6.45) is 2.46. The number of allylic oxidation sites excluding steroid dienone is 3. The van der Waals surface area contributed by atoms with Crippen molar-refractivity contribution in [3.63, 3.8) is 0 Å². The molecule has 0 aromatic rings. The van der Waals surface area contributed by atoms with Crippen LogP contribution in [-0.4, -0.2) is 25.7 Å². The zero-order valence-electron chi connectivity index (χ0n) is 18.5. The summed E-state index contributed by atoms with van der Waals surface area (Å²) in [6, 6.07) is 4.59. The number of hydrogen-bond donors (Lipinski definition) is 0. The van der Waals surface area contributed by atoms with E-state index in [0.717, 1.165) is 36.1 Å². The van der Waals surface area contributed by atoms with E-state index in [2.05, 4.69) is 61.3 Å². The van der Waals surface area contributed by atoms with E-state index >= 15 is 0 Å². The topological polar surface area (TPSA) is 27.7 Å². The predicted molar refractivity (Wildman–Crippen MR) is 122 cm³/mol. The summed E-state index contributed by atoms with van der Waals surface area (Å²) in [5.74, 6) is 0.746. The molecule has 2 aliphatic rings. The average Bonchev–Trinajstić information content (AvgIpc) is 3.33. The van der Waals surface area contributed by atoms with Gasteiger partial charge in [-0.1, -0.05) is 43.9 Å². The van der Waals surface area contributed by atoms with Gasteiger partial charge in [0.25, 0.3) is 0 Å². The van der Waals surface area contributed by atoms with E-state index in [9.17, 15) is 0 Å². The maximum Gasteiger partial charge on any atom is 0.328 e. The zero-order valence-corrected chi connectivity index (χ0v) is 21.5. The normalized spacial score (nSPS) is 38.4. The van der Waals surface area contributed by atoms with Gasteiger partial charge in [0.2, 0.25) is 0 Å². The maximum atomic E-state index is 7.14. The molecule has 27 heavy (non-hydrogen) atoms. The molecule has 0 spiro atoms. The van der Waals surface area contributed by atoms with Gasteiger partial charge in [0, 0.05) is 23.7 Å². The SMILES string of the molecule is C=C(C)C[Si]1(CC)O[Si](CC)(CC(=C)C)O[Si](CC(=C)C)(C2CC2CC)O1. The molecule has 1 heterocycles. The summed E-state index contributed by atoms with van der Waals surface area (Å²) < 4.78 is 21.3. The number of hydrogen-bond acceptors (Lipinski definition) is 3. The summed E-state index contributed by atoms with van der Waals surface area (Å²) in [4.78, 5) is 0. The van der Waals surface area contributed by atoms with Gasteiger partial charge in [-0.2, -0.15) is 0 Å². The first kappa shape index (κ1) is 23.0. The van der Waals surface area contributed by atoms with Crippen molar-refractivity contribution < 1.29 is 12.3 Å². The molecular formula is C21H40O3Si3. The fraction of sp³-hybridized carbons (Fsp3) is 0.714. The summed E-state index contributed by atoms with van der Waals surface area (Å²) >= 11 is 0. The highest BCUT2D eigenvalue weighted by atomic mass is 28.5. The Bertz CT molecular complexity index is 573. The van der Waals surface area contributed by atoms with Crippen molar-refractivity contribution in [1.29, 1.82) is 0 Å². The lowest BCUT2D eigenvalue weighted by Crippen LogP contribution is -2.70. The van der Waals surface area contributed by atoms with Crippen LogP contribution in [0, 0.1) is 5.92 Å². The van der Waals surface area contributed by atoms with Gasteiger partial charge in [0.15, 0.2) is 0 Å². The van der Waals surface area contributed by atoms with E-state index in [-0.39, 0.29) is 0 Å². The van der Waals surface area contributed by atoms with Gasteiger partial charge in [-0.05, 0) is 45.2 Å². The van der Waals surface area contributed by atoms with Gasteiger partial charge in [-0.3, -0.25) is 0 Å². The monoisotopic (exact) mass is 424 g/mol. The predicted octanol–water partition coefficient (Wildman–Crippen LogP) is 6.94. The van der Waals surface area contributed by atoms with Gasteiger partial charge in [0.1, 0.15) is 0 Å². The van der Waals surface area contributed by atoms with Gasteiger partial charge < -0.3 is 12.3 Å². The molecule has 3 nitrogen and oxygen atoms in total. The molecule has 0 bridgehead atoms. The van der Waals surface area contributed by atoms with Crippen LogP contribution in [0.4, 0.5) is 0 Å². The lowest BCUT2D eigenvalue weighted by Gasteiger charge is -2.54. The fourth-order valence-corrected chi connectivity index (χ4v) is 24.3. The molecule has 1 saturated carbocycles. The van der Waals surface area contributed by atoms with Crippen LogP contribution in [0.1, 0.15) is 54.4 Å². The molecule has 1 aliphatic heterocycles. The largest absolute Gasteiger partial charge is 0.415 e. The van der Waals surface area contributed by atoms with Crippen LogP contribution in [0.2, 0.25) is 35.8 Å². The third-order valence-corrected chi connectivity index (χ3v) is 22.0. The van der Waals surface area contributed by atoms with Crippen molar-refractivity contribution in [3.05, 3.63) is 36.5 Å². The smallest absolute Gasteiger partial charge is 0.328 e. The average molecular weight is 425 g/mol. The Hall–Kier alpha value is -0.249. The quantitative estimate of drug-likeness (QED) is 0.280. The van der Waals surface area contributed by atoms with E-state index in [0.29, 0.717) is 5.54 Å². The first-order valence-electron chi connectivity index (χ1n) is 10.6. The zero-order chi connectivity index (χ0) is 20.5. The van der Waals surface area contributed by atoms with Gasteiger partial charge in [0.05, 0.1) is 0 Å². The summed E-state index contributed by atoms with van der Waals surface area (Å²) in [5, 5.41) is 0. The van der Waals surface area contributed by atoms with Crippen molar-refractivity contribution in [2.24, 2.45) is 5.92 Å². The van der Waals surface area contributed by atoms with Crippen LogP contribution < -0.4 is 0 Å². The molecule has 4 atom stereocenters. The Morgan fingerprint density at radius 1 is 0.778 bits per heavy atom. The van der Waals surface area contributed by atoms with Crippen molar-refractivity contribution >= 4 is 25.7 Å². The molecule has 0 N–H and O–H groups in total. The highest BCUT2D eigenvalue weighted by Gasteiger charge is 2.67. The van der Waals surface area contributed by atoms with Crippen LogP contribution in [0.3, 0.4) is 0 Å². The van der Waals surface area contributed by atoms with Gasteiger partial charge >= 0.3 is 25.7 Å². The molecule has 1 aliphatic carbocycles. The minimum atomic E-state index is -2.43. The molecule has 0 aromatic carbocycles. The lowest BCUT2D eigenvalue weighted by atomic mass is 10.3. The van der Waals surface area contributed by atoms with E-state index in [1.54, 1.807) is 0 Å². The molecule has 2 rings (SSSR count). The lowest BCUT2D eigenvalue weighted by molar-refractivity contribution is 0.211. The van der Waals surface area contributed by atoms with Crippen molar-refractivity contribution in [3.8, 4) is 0 Å². The molecule has 0 amide bonds. The number of rotatable bonds is 10. The second kappa shape index (κ2) is 8.63. The standard InChI is InChI=1S/C21H40O3Si3/c1-10-20-13-21(20)27(16-19(8)9)23-25(11-2,14-17(4)5)22-26(12-3,24-27)15-18(6)7/h20-21H,4,6,8,10-16H2,1-3,5,7,9H3. The summed E-state index contributed by atoms with van der Waals surface area (Å²) in [5.41, 5.74) is 4.12.